The number of carbonyl (C=O) groups is 2. The summed E-state index contributed by atoms with van der Waals surface area (Å²) in [6.07, 6.45) is 44.8. The zero-order chi connectivity index (χ0) is 42.3. The number of hydrogen-bond donors (Lipinski definition) is 0. The number of esters is 2. The van der Waals surface area contributed by atoms with Gasteiger partial charge >= 0.3 is 11.9 Å². The third kappa shape index (κ3) is 45.0. The fourth-order valence-electron chi connectivity index (χ4n) is 7.99. The maximum absolute atomic E-state index is 12.1. The fourth-order valence-corrected chi connectivity index (χ4v) is 8.47. The first-order valence-electron chi connectivity index (χ1n) is 25.4. The molecule has 0 aromatic rings. The first-order chi connectivity index (χ1) is 28.6. The van der Waals surface area contributed by atoms with E-state index in [9.17, 15) is 9.59 Å². The van der Waals surface area contributed by atoms with Crippen LogP contribution in [0.15, 0.2) is 0 Å². The predicted molar refractivity (Wildman–Crippen MR) is 254 cm³/mol. The molecule has 0 fully saturated rings. The van der Waals surface area contributed by atoms with Crippen molar-refractivity contribution in [3.63, 3.8) is 0 Å². The zero-order valence-electron chi connectivity index (χ0n) is 38.8. The van der Waals surface area contributed by atoms with Gasteiger partial charge in [-0.15, -0.1) is 23.2 Å². The van der Waals surface area contributed by atoms with E-state index in [-0.39, 0.29) is 25.2 Å². The molecule has 346 valence electrons. The number of ether oxygens (including phenoxy) is 2. The molecule has 0 saturated carbocycles. The van der Waals surface area contributed by atoms with Gasteiger partial charge in [-0.2, -0.15) is 0 Å². The van der Waals surface area contributed by atoms with Crippen LogP contribution in [0.25, 0.3) is 0 Å². The lowest BCUT2D eigenvalue weighted by Crippen LogP contribution is -2.28. The zero-order valence-corrected chi connectivity index (χ0v) is 40.3. The van der Waals surface area contributed by atoms with Crippen LogP contribution >= 0.6 is 23.2 Å². The van der Waals surface area contributed by atoms with Crippen LogP contribution in [-0.2, 0) is 19.1 Å². The summed E-state index contributed by atoms with van der Waals surface area (Å²) < 4.78 is 10.6. The molecule has 8 heteroatoms. The molecule has 0 heterocycles. The average Bonchev–Trinajstić information content (AvgIpc) is 3.22. The van der Waals surface area contributed by atoms with Gasteiger partial charge in [-0.3, -0.25) is 9.59 Å². The van der Waals surface area contributed by atoms with Gasteiger partial charge in [0.05, 0.1) is 0 Å². The molecular weight excluding hydrogens is 763 g/mol. The van der Waals surface area contributed by atoms with Crippen LogP contribution in [0.5, 0.6) is 0 Å². The van der Waals surface area contributed by atoms with E-state index in [0.29, 0.717) is 12.8 Å². The van der Waals surface area contributed by atoms with Gasteiger partial charge in [0.2, 0.25) is 0 Å². The Bertz CT molecular complexity index is 769. The smallest absolute Gasteiger partial charge is 0.305 e. The van der Waals surface area contributed by atoms with Gasteiger partial charge in [0, 0.05) is 37.7 Å². The number of alkyl halides is 2. The van der Waals surface area contributed by atoms with E-state index in [1.165, 1.54) is 219 Å². The van der Waals surface area contributed by atoms with Gasteiger partial charge in [0.25, 0.3) is 0 Å². The monoisotopic (exact) mass is 861 g/mol. The van der Waals surface area contributed by atoms with Crippen LogP contribution in [0.3, 0.4) is 0 Å². The summed E-state index contributed by atoms with van der Waals surface area (Å²) in [4.78, 5) is 29.3. The van der Waals surface area contributed by atoms with Crippen molar-refractivity contribution in [2.45, 2.75) is 245 Å². The van der Waals surface area contributed by atoms with Gasteiger partial charge in [-0.1, -0.05) is 194 Å². The summed E-state index contributed by atoms with van der Waals surface area (Å²) in [6.45, 7) is 11.6. The average molecular weight is 862 g/mol. The first kappa shape index (κ1) is 57.4. The molecule has 0 bridgehead atoms. The predicted octanol–water partition coefficient (Wildman–Crippen LogP) is 15.2. The molecule has 0 aromatic carbocycles. The summed E-state index contributed by atoms with van der Waals surface area (Å²) in [5.41, 5.74) is 0. The second-order valence-corrected chi connectivity index (χ2v) is 18.1. The van der Waals surface area contributed by atoms with Gasteiger partial charge in [-0.05, 0) is 64.7 Å². The Hall–Kier alpha value is -0.560. The van der Waals surface area contributed by atoms with Crippen molar-refractivity contribution in [2.24, 2.45) is 0 Å². The Kier molecular flexibility index (Phi) is 48.6. The molecule has 0 atom stereocenters. The Morgan fingerprint density at radius 1 is 0.328 bits per heavy atom. The van der Waals surface area contributed by atoms with Crippen molar-refractivity contribution in [1.29, 1.82) is 0 Å². The van der Waals surface area contributed by atoms with E-state index in [1.54, 1.807) is 0 Å². The summed E-state index contributed by atoms with van der Waals surface area (Å²) in [7, 11) is 0. The summed E-state index contributed by atoms with van der Waals surface area (Å²) >= 11 is 12.2. The van der Waals surface area contributed by atoms with E-state index in [1.807, 2.05) is 0 Å². The molecule has 0 aliphatic rings. The van der Waals surface area contributed by atoms with Gasteiger partial charge < -0.3 is 19.3 Å². The topological polar surface area (TPSA) is 59.1 Å². The third-order valence-corrected chi connectivity index (χ3v) is 12.1. The van der Waals surface area contributed by atoms with Crippen LogP contribution < -0.4 is 0 Å². The molecule has 0 spiro atoms. The highest BCUT2D eigenvalue weighted by molar-refractivity contribution is 6.18. The fraction of sp³-hybridized carbons (Fsp3) is 0.960. The van der Waals surface area contributed by atoms with Gasteiger partial charge in [-0.25, -0.2) is 0 Å². The minimum absolute atomic E-state index is 0.159. The van der Waals surface area contributed by atoms with Crippen LogP contribution in [0.1, 0.15) is 245 Å². The Morgan fingerprint density at radius 3 is 0.793 bits per heavy atom. The molecule has 0 saturated heterocycles. The van der Waals surface area contributed by atoms with Crippen LogP contribution in [0, 0.1) is 0 Å². The Balaban J connectivity index is 3.57. The molecule has 0 aliphatic carbocycles. The summed E-state index contributed by atoms with van der Waals surface area (Å²) in [6, 6.07) is 0. The Morgan fingerprint density at radius 2 is 0.552 bits per heavy atom. The molecule has 0 N–H and O–H groups in total. The highest BCUT2D eigenvalue weighted by Gasteiger charge is 2.08. The van der Waals surface area contributed by atoms with Crippen LogP contribution in [-0.4, -0.2) is 86.0 Å². The molecule has 58 heavy (non-hydrogen) atoms. The number of hydrogen-bond acceptors (Lipinski definition) is 6. The largest absolute Gasteiger partial charge is 0.462 e. The maximum Gasteiger partial charge on any atom is 0.305 e. The standard InChI is InChI=1S/C50H98Cl2N2O4/c1-3-5-7-9-11-13-15-21-27-33-41-53(45-39-51)43-35-29-23-17-19-25-31-37-49(55)57-47-48-58-50(56)38-32-26-20-18-24-30-36-44-54(46-40-52)42-34-28-22-16-14-12-10-8-6-4-2/h3-48H2,1-2H3. The van der Waals surface area contributed by atoms with Crippen molar-refractivity contribution >= 4 is 35.1 Å². The first-order valence-corrected chi connectivity index (χ1v) is 26.5. The van der Waals surface area contributed by atoms with E-state index < -0.39 is 0 Å². The number of unbranched alkanes of at least 4 members (excludes halogenated alkanes) is 30. The van der Waals surface area contributed by atoms with E-state index >= 15 is 0 Å². The van der Waals surface area contributed by atoms with Crippen molar-refractivity contribution in [3.8, 4) is 0 Å². The van der Waals surface area contributed by atoms with Gasteiger partial charge in [0.15, 0.2) is 0 Å². The van der Waals surface area contributed by atoms with E-state index in [2.05, 4.69) is 23.6 Å². The van der Waals surface area contributed by atoms with Crippen LogP contribution in [0.2, 0.25) is 0 Å². The summed E-state index contributed by atoms with van der Waals surface area (Å²) in [5, 5.41) is 0. The summed E-state index contributed by atoms with van der Waals surface area (Å²) in [5.74, 6) is 1.08. The Labute approximate surface area is 371 Å². The lowest BCUT2D eigenvalue weighted by molar-refractivity contribution is -0.152. The molecule has 0 amide bonds. The lowest BCUT2D eigenvalue weighted by atomic mass is 10.1. The van der Waals surface area contributed by atoms with E-state index in [0.717, 1.165) is 50.5 Å². The minimum Gasteiger partial charge on any atom is -0.462 e. The molecule has 0 aromatic heterocycles. The lowest BCUT2D eigenvalue weighted by Gasteiger charge is -2.21. The second kappa shape index (κ2) is 49.1. The van der Waals surface area contributed by atoms with Crippen molar-refractivity contribution in [3.05, 3.63) is 0 Å². The number of carbonyl (C=O) groups excluding carboxylic acids is 2. The molecule has 6 nitrogen and oxygen atoms in total. The van der Waals surface area contributed by atoms with Crippen molar-refractivity contribution in [1.82, 2.24) is 9.80 Å². The van der Waals surface area contributed by atoms with Crippen molar-refractivity contribution in [2.75, 3.05) is 64.2 Å². The van der Waals surface area contributed by atoms with Crippen LogP contribution in [0.4, 0.5) is 0 Å². The van der Waals surface area contributed by atoms with E-state index in [4.69, 9.17) is 32.7 Å². The minimum atomic E-state index is -0.182. The normalized spacial score (nSPS) is 11.6. The number of halogens is 2. The van der Waals surface area contributed by atoms with Gasteiger partial charge in [0.1, 0.15) is 13.2 Å². The third-order valence-electron chi connectivity index (χ3n) is 11.8. The molecular formula is C50H98Cl2N2O4. The second-order valence-electron chi connectivity index (χ2n) is 17.3. The quantitative estimate of drug-likeness (QED) is 0.0345. The maximum atomic E-state index is 12.1. The highest BCUT2D eigenvalue weighted by Crippen LogP contribution is 2.15. The number of rotatable bonds is 49. The molecule has 0 rings (SSSR count). The SMILES string of the molecule is CCCCCCCCCCCCN(CCCl)CCCCCCCCCC(=O)OCCOC(=O)CCCCCCCCCN(CCCl)CCCCCCCCCCCC. The molecule has 0 aliphatic heterocycles. The molecule has 0 unspecified atom stereocenters. The highest BCUT2D eigenvalue weighted by atomic mass is 35.5. The number of nitrogens with zero attached hydrogens (tertiary/aromatic N) is 2. The molecule has 0 radical (unpaired) electrons. The van der Waals surface area contributed by atoms with Crippen molar-refractivity contribution < 1.29 is 19.1 Å².